The average Bonchev–Trinajstić information content (AvgIpc) is 2.68. The van der Waals surface area contributed by atoms with Crippen LogP contribution in [0.3, 0.4) is 0 Å². The molecule has 0 saturated carbocycles. The first-order valence-corrected chi connectivity index (χ1v) is 8.76. The van der Waals surface area contributed by atoms with Gasteiger partial charge in [-0.25, -0.2) is 4.79 Å². The number of hydrogen-bond donors (Lipinski definition) is 0. The lowest BCUT2D eigenvalue weighted by molar-refractivity contribution is 0.0735. The van der Waals surface area contributed by atoms with Crippen LogP contribution in [0, 0.1) is 5.92 Å². The van der Waals surface area contributed by atoms with Crippen LogP contribution in [-0.4, -0.2) is 29.9 Å². The van der Waals surface area contributed by atoms with Gasteiger partial charge in [0.15, 0.2) is 5.78 Å². The topological polar surface area (TPSA) is 46.6 Å². The molecule has 3 rings (SSSR count). The molecule has 0 aliphatic carbocycles. The second kappa shape index (κ2) is 8.47. The predicted octanol–water partition coefficient (Wildman–Crippen LogP) is 4.31. The molecule has 2 aromatic carbocycles. The molecule has 0 unspecified atom stereocenters. The molecule has 130 valence electrons. The van der Waals surface area contributed by atoms with Crippen LogP contribution in [0.15, 0.2) is 60.7 Å². The van der Waals surface area contributed by atoms with Crippen molar-refractivity contribution in [3.05, 3.63) is 71.8 Å². The molecule has 4 heteroatoms. The van der Waals surface area contributed by atoms with Gasteiger partial charge < -0.3 is 9.64 Å². The average molecular weight is 337 g/mol. The van der Waals surface area contributed by atoms with Crippen LogP contribution in [0.2, 0.25) is 0 Å². The lowest BCUT2D eigenvalue weighted by Crippen LogP contribution is -2.40. The number of carbonyl (C=O) groups excluding carboxylic acids is 2. The largest absolute Gasteiger partial charge is 0.445 e. The normalized spacial score (nSPS) is 17.1. The number of hydrogen-bond acceptors (Lipinski definition) is 3. The number of benzene rings is 2. The number of likely N-dealkylation sites (tertiary alicyclic amines) is 1. The van der Waals surface area contributed by atoms with Crippen LogP contribution in [0.1, 0.15) is 35.2 Å². The Bertz CT molecular complexity index is 700. The van der Waals surface area contributed by atoms with E-state index in [2.05, 4.69) is 0 Å². The molecule has 1 heterocycles. The minimum absolute atomic E-state index is 0.144. The summed E-state index contributed by atoms with van der Waals surface area (Å²) in [6.07, 6.45) is 2.07. The molecule has 1 fully saturated rings. The molecular weight excluding hydrogens is 314 g/mol. The van der Waals surface area contributed by atoms with Crippen molar-refractivity contribution in [1.29, 1.82) is 0 Å². The van der Waals surface area contributed by atoms with Gasteiger partial charge in [0, 0.05) is 25.1 Å². The Balaban J connectivity index is 1.50. The number of carbonyl (C=O) groups is 2. The van der Waals surface area contributed by atoms with Crippen molar-refractivity contribution in [2.24, 2.45) is 5.92 Å². The summed E-state index contributed by atoms with van der Waals surface area (Å²) in [4.78, 5) is 26.4. The van der Waals surface area contributed by atoms with E-state index in [-0.39, 0.29) is 24.4 Å². The summed E-state index contributed by atoms with van der Waals surface area (Å²) in [5.41, 5.74) is 1.72. The molecule has 1 saturated heterocycles. The maximum absolute atomic E-state index is 12.4. The zero-order chi connectivity index (χ0) is 17.5. The molecule has 2 aromatic rings. The maximum Gasteiger partial charge on any atom is 0.410 e. The van der Waals surface area contributed by atoms with Gasteiger partial charge in [-0.3, -0.25) is 4.79 Å². The highest BCUT2D eigenvalue weighted by Gasteiger charge is 2.26. The summed E-state index contributed by atoms with van der Waals surface area (Å²) in [5, 5.41) is 0. The molecule has 1 atom stereocenters. The molecular formula is C21H23NO3. The predicted molar refractivity (Wildman–Crippen MR) is 96.3 cm³/mol. The Labute approximate surface area is 148 Å². The van der Waals surface area contributed by atoms with Crippen LogP contribution in [0.5, 0.6) is 0 Å². The van der Waals surface area contributed by atoms with Gasteiger partial charge in [0.05, 0.1) is 0 Å². The summed E-state index contributed by atoms with van der Waals surface area (Å²) in [6, 6.07) is 19.0. The van der Waals surface area contributed by atoms with E-state index >= 15 is 0 Å². The molecule has 0 aromatic heterocycles. The Hall–Kier alpha value is -2.62. The zero-order valence-corrected chi connectivity index (χ0v) is 14.3. The summed E-state index contributed by atoms with van der Waals surface area (Å²) >= 11 is 0. The number of amides is 1. The van der Waals surface area contributed by atoms with E-state index in [0.29, 0.717) is 19.5 Å². The standard InChI is InChI=1S/C21H23NO3/c23-20(19-11-5-2-6-12-19)14-18-10-7-13-22(15-18)21(24)25-16-17-8-3-1-4-9-17/h1-6,8-9,11-12,18H,7,10,13-16H2/t18-/m1/s1. The smallest absolute Gasteiger partial charge is 0.410 e. The molecule has 1 aliphatic rings. The Morgan fingerprint density at radius 1 is 1.00 bits per heavy atom. The lowest BCUT2D eigenvalue weighted by atomic mass is 9.91. The van der Waals surface area contributed by atoms with E-state index in [4.69, 9.17) is 4.74 Å². The van der Waals surface area contributed by atoms with Crippen molar-refractivity contribution in [2.45, 2.75) is 25.9 Å². The van der Waals surface area contributed by atoms with Crippen molar-refractivity contribution in [3.63, 3.8) is 0 Å². The van der Waals surface area contributed by atoms with Gasteiger partial charge in [0.2, 0.25) is 0 Å². The first-order chi connectivity index (χ1) is 12.2. The van der Waals surface area contributed by atoms with Crippen LogP contribution in [-0.2, 0) is 11.3 Å². The Kier molecular flexibility index (Phi) is 5.83. The van der Waals surface area contributed by atoms with Gasteiger partial charge >= 0.3 is 6.09 Å². The van der Waals surface area contributed by atoms with E-state index in [9.17, 15) is 9.59 Å². The first-order valence-electron chi connectivity index (χ1n) is 8.76. The fourth-order valence-electron chi connectivity index (χ4n) is 3.21. The van der Waals surface area contributed by atoms with Crippen molar-refractivity contribution in [1.82, 2.24) is 4.90 Å². The monoisotopic (exact) mass is 337 g/mol. The van der Waals surface area contributed by atoms with Gasteiger partial charge in [-0.1, -0.05) is 60.7 Å². The van der Waals surface area contributed by atoms with E-state index < -0.39 is 0 Å². The van der Waals surface area contributed by atoms with Crippen LogP contribution >= 0.6 is 0 Å². The van der Waals surface area contributed by atoms with Crippen LogP contribution in [0.4, 0.5) is 4.79 Å². The Morgan fingerprint density at radius 2 is 1.68 bits per heavy atom. The van der Waals surface area contributed by atoms with Crippen molar-refractivity contribution in [2.75, 3.05) is 13.1 Å². The van der Waals surface area contributed by atoms with Gasteiger partial charge in [0.1, 0.15) is 6.61 Å². The van der Waals surface area contributed by atoms with Crippen molar-refractivity contribution >= 4 is 11.9 Å². The Morgan fingerprint density at radius 3 is 2.40 bits per heavy atom. The van der Waals surface area contributed by atoms with Gasteiger partial charge in [-0.05, 0) is 24.3 Å². The zero-order valence-electron chi connectivity index (χ0n) is 14.3. The van der Waals surface area contributed by atoms with Gasteiger partial charge in [0.25, 0.3) is 0 Å². The lowest BCUT2D eigenvalue weighted by Gasteiger charge is -2.31. The quantitative estimate of drug-likeness (QED) is 0.764. The highest BCUT2D eigenvalue weighted by atomic mass is 16.6. The molecule has 0 spiro atoms. The van der Waals surface area contributed by atoms with E-state index in [0.717, 1.165) is 24.0 Å². The minimum atomic E-state index is -0.291. The van der Waals surface area contributed by atoms with Gasteiger partial charge in [-0.15, -0.1) is 0 Å². The summed E-state index contributed by atoms with van der Waals surface area (Å²) in [7, 11) is 0. The van der Waals surface area contributed by atoms with Gasteiger partial charge in [-0.2, -0.15) is 0 Å². The number of ether oxygens (including phenoxy) is 1. The number of ketones is 1. The molecule has 25 heavy (non-hydrogen) atoms. The number of Topliss-reactive ketones (excluding diaryl/α,β-unsaturated/α-hetero) is 1. The van der Waals surface area contributed by atoms with E-state index in [1.165, 1.54) is 0 Å². The molecule has 1 aliphatic heterocycles. The SMILES string of the molecule is O=C(C[C@H]1CCCN(C(=O)OCc2ccccc2)C1)c1ccccc1. The summed E-state index contributed by atoms with van der Waals surface area (Å²) in [5.74, 6) is 0.343. The second-order valence-electron chi connectivity index (χ2n) is 6.49. The van der Waals surface area contributed by atoms with Crippen molar-refractivity contribution < 1.29 is 14.3 Å². The summed E-state index contributed by atoms with van der Waals surface area (Å²) < 4.78 is 5.41. The first kappa shape index (κ1) is 17.2. The highest BCUT2D eigenvalue weighted by Crippen LogP contribution is 2.22. The van der Waals surface area contributed by atoms with E-state index in [1.807, 2.05) is 60.7 Å². The fourth-order valence-corrected chi connectivity index (χ4v) is 3.21. The number of piperidine rings is 1. The van der Waals surface area contributed by atoms with Crippen LogP contribution < -0.4 is 0 Å². The molecule has 1 amide bonds. The van der Waals surface area contributed by atoms with Crippen molar-refractivity contribution in [3.8, 4) is 0 Å². The highest BCUT2D eigenvalue weighted by molar-refractivity contribution is 5.96. The maximum atomic E-state index is 12.4. The summed E-state index contributed by atoms with van der Waals surface area (Å²) in [6.45, 7) is 1.57. The fraction of sp³-hybridized carbons (Fsp3) is 0.333. The second-order valence-corrected chi connectivity index (χ2v) is 6.49. The third-order valence-electron chi connectivity index (χ3n) is 4.55. The number of nitrogens with zero attached hydrogens (tertiary/aromatic N) is 1. The van der Waals surface area contributed by atoms with E-state index in [1.54, 1.807) is 4.90 Å². The molecule has 0 bridgehead atoms. The molecule has 0 radical (unpaired) electrons. The minimum Gasteiger partial charge on any atom is -0.445 e. The molecule has 4 nitrogen and oxygen atoms in total. The number of rotatable bonds is 5. The molecule has 0 N–H and O–H groups in total. The third-order valence-corrected chi connectivity index (χ3v) is 4.55. The third kappa shape index (κ3) is 4.92. The van der Waals surface area contributed by atoms with Crippen LogP contribution in [0.25, 0.3) is 0 Å².